The van der Waals surface area contributed by atoms with E-state index in [0.717, 1.165) is 22.3 Å². The van der Waals surface area contributed by atoms with Crippen molar-refractivity contribution in [2.24, 2.45) is 0 Å². The number of nitrogens with zero attached hydrogens (tertiary/aromatic N) is 2. The van der Waals surface area contributed by atoms with Crippen molar-refractivity contribution in [3.8, 4) is 11.5 Å². The van der Waals surface area contributed by atoms with Gasteiger partial charge in [-0.15, -0.1) is 0 Å². The third-order valence-corrected chi connectivity index (χ3v) is 8.44. The molecule has 5 rings (SSSR count). The Morgan fingerprint density at radius 3 is 1.47 bits per heavy atom. The molecule has 2 amide bonds. The molecule has 4 aromatic carbocycles. The Morgan fingerprint density at radius 1 is 0.622 bits per heavy atom. The summed E-state index contributed by atoms with van der Waals surface area (Å²) in [5, 5.41) is 33.5. The number of carbonyl (C=O) groups excluding carboxylic acids is 1. The van der Waals surface area contributed by atoms with Crippen molar-refractivity contribution in [2.45, 2.75) is 50.2 Å². The molecular formula is C34H37N2O8P. The lowest BCUT2D eigenvalue weighted by atomic mass is 9.90. The maximum atomic E-state index is 14.6. The molecule has 11 heteroatoms. The largest absolute Gasteiger partial charge is 0.508 e. The van der Waals surface area contributed by atoms with Crippen LogP contribution in [0.25, 0.3) is 0 Å². The smallest absolute Gasteiger partial charge is 0.362 e. The number of phenolic OH excluding ortho intramolecular Hbond substituents is 1. The van der Waals surface area contributed by atoms with E-state index in [0.29, 0.717) is 0 Å². The number of benzene rings is 4. The Labute approximate surface area is 261 Å². The van der Waals surface area contributed by atoms with Gasteiger partial charge in [0, 0.05) is 13.1 Å². The molecule has 0 radical (unpaired) electrons. The molecule has 0 aromatic heterocycles. The van der Waals surface area contributed by atoms with Crippen LogP contribution in [0.4, 0.5) is 4.79 Å². The van der Waals surface area contributed by atoms with Gasteiger partial charge < -0.3 is 39.6 Å². The average Bonchev–Trinajstić information content (AvgIpc) is 3.09. The summed E-state index contributed by atoms with van der Waals surface area (Å²) in [7, 11) is -4.35. The molecule has 1 fully saturated rings. The van der Waals surface area contributed by atoms with Crippen molar-refractivity contribution in [2.75, 3.05) is 6.35 Å². The van der Waals surface area contributed by atoms with Gasteiger partial charge in [-0.3, -0.25) is 4.57 Å². The zero-order chi connectivity index (χ0) is 32.0. The van der Waals surface area contributed by atoms with E-state index in [1.165, 1.54) is 0 Å². The van der Waals surface area contributed by atoms with E-state index in [-0.39, 0.29) is 43.5 Å². The highest BCUT2D eigenvalue weighted by Gasteiger charge is 2.46. The third-order valence-electron chi connectivity index (χ3n) is 7.97. The van der Waals surface area contributed by atoms with Gasteiger partial charge in [-0.2, -0.15) is 0 Å². The van der Waals surface area contributed by atoms with Crippen molar-refractivity contribution in [1.82, 2.24) is 9.80 Å². The van der Waals surface area contributed by atoms with Crippen molar-refractivity contribution >= 4 is 13.6 Å². The molecule has 4 aromatic rings. The summed E-state index contributed by atoms with van der Waals surface area (Å²) < 4.78 is 16.4. The second-order valence-corrected chi connectivity index (χ2v) is 12.9. The zero-order valence-corrected chi connectivity index (χ0v) is 25.4. The minimum absolute atomic E-state index is 0.102. The molecule has 1 saturated heterocycles. The molecule has 0 unspecified atom stereocenters. The lowest BCUT2D eigenvalue weighted by Gasteiger charge is -2.36. The number of urea groups is 1. The minimum Gasteiger partial charge on any atom is -0.508 e. The molecule has 0 bridgehead atoms. The average molecular weight is 633 g/mol. The van der Waals surface area contributed by atoms with Crippen LogP contribution < -0.4 is 4.74 Å². The summed E-state index contributed by atoms with van der Waals surface area (Å²) in [5.41, 5.74) is 3.24. The normalized spacial score (nSPS) is 20.6. The van der Waals surface area contributed by atoms with Crippen molar-refractivity contribution < 1.29 is 39.2 Å². The Balaban J connectivity index is 1.51. The molecule has 0 spiro atoms. The van der Waals surface area contributed by atoms with E-state index in [9.17, 15) is 24.7 Å². The van der Waals surface area contributed by atoms with Crippen LogP contribution in [0.5, 0.6) is 11.5 Å². The highest BCUT2D eigenvalue weighted by Crippen LogP contribution is 2.35. The fraction of sp³-hybridized carbons (Fsp3) is 0.265. The number of carbonyl (C=O) groups is 1. The molecule has 1 aliphatic rings. The molecule has 0 aliphatic carbocycles. The van der Waals surface area contributed by atoms with Gasteiger partial charge in [0.05, 0.1) is 12.1 Å². The van der Waals surface area contributed by atoms with Gasteiger partial charge in [-0.1, -0.05) is 84.9 Å². The quantitative estimate of drug-likeness (QED) is 0.154. The SMILES string of the molecule is O=C1N(Cc2ccccc2)[C@H](Cc2ccc(O)cc2)[C@H](O)[C@@H](O)[C@@H](Cc2ccc(OCP(=O)(O)O)cc2)N1Cc1ccccc1. The van der Waals surface area contributed by atoms with E-state index < -0.39 is 38.2 Å². The van der Waals surface area contributed by atoms with Crippen LogP contribution in [-0.4, -0.2) is 71.6 Å². The summed E-state index contributed by atoms with van der Waals surface area (Å²) in [5.74, 6) is 0.369. The number of rotatable bonds is 11. The number of hydrogen-bond donors (Lipinski definition) is 5. The number of aliphatic hydroxyl groups excluding tert-OH is 2. The maximum Gasteiger partial charge on any atom is 0.362 e. The fourth-order valence-electron chi connectivity index (χ4n) is 5.66. The molecule has 5 N–H and O–H groups in total. The zero-order valence-electron chi connectivity index (χ0n) is 24.5. The van der Waals surface area contributed by atoms with E-state index in [1.807, 2.05) is 60.7 Å². The molecule has 0 saturated carbocycles. The second kappa shape index (κ2) is 14.3. The maximum absolute atomic E-state index is 14.6. The van der Waals surface area contributed by atoms with Crippen LogP contribution in [0.2, 0.25) is 0 Å². The molecule has 1 heterocycles. The summed E-state index contributed by atoms with van der Waals surface area (Å²) in [6.45, 7) is 0.393. The first-order valence-corrected chi connectivity index (χ1v) is 16.4. The lowest BCUT2D eigenvalue weighted by Crippen LogP contribution is -2.50. The summed E-state index contributed by atoms with van der Waals surface area (Å²) in [4.78, 5) is 36.1. The minimum atomic E-state index is -4.35. The van der Waals surface area contributed by atoms with E-state index in [1.54, 1.807) is 58.3 Å². The summed E-state index contributed by atoms with van der Waals surface area (Å²) in [6.07, 6.45) is -2.96. The Kier molecular flexibility index (Phi) is 10.2. The van der Waals surface area contributed by atoms with Crippen LogP contribution in [0.3, 0.4) is 0 Å². The first-order valence-electron chi connectivity index (χ1n) is 14.6. The number of ether oxygens (including phenoxy) is 1. The highest BCUT2D eigenvalue weighted by atomic mass is 31.2. The molecule has 4 atom stereocenters. The predicted octanol–water partition coefficient (Wildman–Crippen LogP) is 4.29. The topological polar surface area (TPSA) is 151 Å². The number of aromatic hydroxyl groups is 1. The van der Waals surface area contributed by atoms with Gasteiger partial charge in [0.25, 0.3) is 0 Å². The Bertz CT molecular complexity index is 1580. The fourth-order valence-corrected chi connectivity index (χ4v) is 5.98. The Morgan fingerprint density at radius 2 is 1.04 bits per heavy atom. The van der Waals surface area contributed by atoms with Gasteiger partial charge in [0.15, 0.2) is 6.35 Å². The number of hydrogen-bond acceptors (Lipinski definition) is 6. The molecule has 10 nitrogen and oxygen atoms in total. The van der Waals surface area contributed by atoms with Gasteiger partial charge in [-0.05, 0) is 59.4 Å². The second-order valence-electron chi connectivity index (χ2n) is 11.3. The predicted molar refractivity (Wildman–Crippen MR) is 168 cm³/mol. The third kappa shape index (κ3) is 8.51. The van der Waals surface area contributed by atoms with Crippen LogP contribution in [-0.2, 0) is 30.5 Å². The van der Waals surface area contributed by atoms with Gasteiger partial charge in [0.2, 0.25) is 0 Å². The molecule has 1 aliphatic heterocycles. The number of aliphatic hydroxyl groups is 2. The Hall–Kier alpha value is -4.18. The first kappa shape index (κ1) is 32.2. The van der Waals surface area contributed by atoms with Crippen LogP contribution in [0.1, 0.15) is 22.3 Å². The standard InChI is InChI=1S/C34H37N2O8P/c37-28-15-11-24(12-16-28)19-30-32(38)33(39)31(20-25-13-17-29(18-14-25)44-23-45(41,42)43)36(22-27-9-5-2-6-10-27)34(40)35(30)21-26-7-3-1-4-8-26/h1-18,30-33,37-39H,19-23H2,(H2,41,42,43)/t30-,31-,32+,33+/m1/s1. The lowest BCUT2D eigenvalue weighted by molar-refractivity contribution is -0.0408. The van der Waals surface area contributed by atoms with Crippen LogP contribution in [0, 0.1) is 0 Å². The van der Waals surface area contributed by atoms with Crippen molar-refractivity contribution in [1.29, 1.82) is 0 Å². The summed E-state index contributed by atoms with van der Waals surface area (Å²) in [6, 6.07) is 30.1. The summed E-state index contributed by atoms with van der Waals surface area (Å²) >= 11 is 0. The van der Waals surface area contributed by atoms with Crippen molar-refractivity contribution in [3.63, 3.8) is 0 Å². The monoisotopic (exact) mass is 632 g/mol. The number of phenols is 1. The van der Waals surface area contributed by atoms with Crippen LogP contribution in [0.15, 0.2) is 109 Å². The van der Waals surface area contributed by atoms with Gasteiger partial charge >= 0.3 is 13.6 Å². The molecule has 45 heavy (non-hydrogen) atoms. The first-order chi connectivity index (χ1) is 21.6. The van der Waals surface area contributed by atoms with Crippen LogP contribution >= 0.6 is 7.60 Å². The number of amides is 2. The molecular weight excluding hydrogens is 595 g/mol. The van der Waals surface area contributed by atoms with Crippen molar-refractivity contribution in [3.05, 3.63) is 131 Å². The van der Waals surface area contributed by atoms with E-state index in [2.05, 4.69) is 0 Å². The van der Waals surface area contributed by atoms with Gasteiger partial charge in [0.1, 0.15) is 23.7 Å². The van der Waals surface area contributed by atoms with E-state index in [4.69, 9.17) is 14.5 Å². The highest BCUT2D eigenvalue weighted by molar-refractivity contribution is 7.51. The molecule has 236 valence electrons. The van der Waals surface area contributed by atoms with Gasteiger partial charge in [-0.25, -0.2) is 4.79 Å². The van der Waals surface area contributed by atoms with E-state index >= 15 is 0 Å².